The standard InChI is InChI=1S/C14H22ClN5O/c1-3-19(4-2)10-7-8-20(9-10)14(21)13-11(15)5-6-12(17-13)18-16/h5-6,10H,3-4,7-9,16H2,1-2H3,(H,17,18). The Morgan fingerprint density at radius 2 is 2.24 bits per heavy atom. The minimum absolute atomic E-state index is 0.133. The van der Waals surface area contributed by atoms with Gasteiger partial charge in [0.05, 0.1) is 5.02 Å². The van der Waals surface area contributed by atoms with E-state index in [4.69, 9.17) is 17.4 Å². The number of hydrazine groups is 1. The molecule has 1 atom stereocenters. The zero-order valence-corrected chi connectivity index (χ0v) is 13.2. The highest BCUT2D eigenvalue weighted by Crippen LogP contribution is 2.22. The minimum atomic E-state index is -0.133. The van der Waals surface area contributed by atoms with Gasteiger partial charge in [0.1, 0.15) is 11.5 Å². The van der Waals surface area contributed by atoms with Crippen LogP contribution in [-0.2, 0) is 0 Å². The molecule has 0 saturated carbocycles. The number of nitrogens with two attached hydrogens (primary N) is 1. The van der Waals surface area contributed by atoms with Gasteiger partial charge in [-0.2, -0.15) is 0 Å². The van der Waals surface area contributed by atoms with Gasteiger partial charge in [0, 0.05) is 19.1 Å². The van der Waals surface area contributed by atoms with Gasteiger partial charge in [0.25, 0.3) is 5.91 Å². The first-order chi connectivity index (χ1) is 10.1. The van der Waals surface area contributed by atoms with Crippen molar-refractivity contribution in [1.82, 2.24) is 14.8 Å². The molecule has 0 aliphatic carbocycles. The summed E-state index contributed by atoms with van der Waals surface area (Å²) in [6.07, 6.45) is 0.986. The monoisotopic (exact) mass is 311 g/mol. The molecule has 7 heteroatoms. The molecule has 1 aliphatic heterocycles. The van der Waals surface area contributed by atoms with Crippen LogP contribution in [0.25, 0.3) is 0 Å². The molecule has 2 heterocycles. The van der Waals surface area contributed by atoms with E-state index in [2.05, 4.69) is 29.2 Å². The molecule has 1 amide bonds. The molecule has 2 rings (SSSR count). The summed E-state index contributed by atoms with van der Waals surface area (Å²) in [5.41, 5.74) is 2.69. The smallest absolute Gasteiger partial charge is 0.274 e. The average Bonchev–Trinajstić information content (AvgIpc) is 2.98. The van der Waals surface area contributed by atoms with Gasteiger partial charge in [-0.25, -0.2) is 10.8 Å². The number of aromatic nitrogens is 1. The zero-order chi connectivity index (χ0) is 15.4. The third-order valence-electron chi connectivity index (χ3n) is 3.98. The number of likely N-dealkylation sites (N-methyl/N-ethyl adjacent to an activating group) is 1. The van der Waals surface area contributed by atoms with Crippen molar-refractivity contribution >= 4 is 23.3 Å². The second-order valence-corrected chi connectivity index (χ2v) is 5.49. The number of carbonyl (C=O) groups is 1. The summed E-state index contributed by atoms with van der Waals surface area (Å²) in [6.45, 7) is 7.73. The summed E-state index contributed by atoms with van der Waals surface area (Å²) >= 11 is 6.09. The Morgan fingerprint density at radius 3 is 2.86 bits per heavy atom. The van der Waals surface area contributed by atoms with E-state index >= 15 is 0 Å². The topological polar surface area (TPSA) is 74.5 Å². The Labute approximate surface area is 130 Å². The Morgan fingerprint density at radius 1 is 1.52 bits per heavy atom. The number of halogens is 1. The summed E-state index contributed by atoms with van der Waals surface area (Å²) in [6, 6.07) is 3.69. The first-order valence-corrected chi connectivity index (χ1v) is 7.65. The molecule has 1 aliphatic rings. The number of pyridine rings is 1. The molecule has 0 aromatic carbocycles. The Kier molecular flexibility index (Phi) is 5.39. The molecule has 3 N–H and O–H groups in total. The van der Waals surface area contributed by atoms with Crippen LogP contribution < -0.4 is 11.3 Å². The second-order valence-electron chi connectivity index (χ2n) is 5.09. The van der Waals surface area contributed by atoms with Crippen LogP contribution in [0.5, 0.6) is 0 Å². The van der Waals surface area contributed by atoms with E-state index in [1.165, 1.54) is 0 Å². The Balaban J connectivity index is 2.11. The van der Waals surface area contributed by atoms with Crippen LogP contribution in [0.1, 0.15) is 30.8 Å². The fraction of sp³-hybridized carbons (Fsp3) is 0.571. The largest absolute Gasteiger partial charge is 0.336 e. The van der Waals surface area contributed by atoms with E-state index in [1.54, 1.807) is 12.1 Å². The van der Waals surface area contributed by atoms with Crippen molar-refractivity contribution in [2.45, 2.75) is 26.3 Å². The van der Waals surface area contributed by atoms with Gasteiger partial charge in [0.2, 0.25) is 0 Å². The highest BCUT2D eigenvalue weighted by Gasteiger charge is 2.31. The van der Waals surface area contributed by atoms with Gasteiger partial charge in [-0.05, 0) is 31.6 Å². The van der Waals surface area contributed by atoms with Crippen molar-refractivity contribution < 1.29 is 4.79 Å². The molecule has 0 radical (unpaired) electrons. The highest BCUT2D eigenvalue weighted by molar-refractivity contribution is 6.33. The summed E-state index contributed by atoms with van der Waals surface area (Å²) in [4.78, 5) is 20.9. The van der Waals surface area contributed by atoms with Crippen molar-refractivity contribution in [3.63, 3.8) is 0 Å². The van der Waals surface area contributed by atoms with E-state index in [1.807, 2.05) is 4.90 Å². The van der Waals surface area contributed by atoms with Crippen molar-refractivity contribution in [3.05, 3.63) is 22.8 Å². The number of nitrogen functional groups attached to an aromatic ring is 1. The summed E-state index contributed by atoms with van der Waals surface area (Å²) < 4.78 is 0. The summed E-state index contributed by atoms with van der Waals surface area (Å²) in [7, 11) is 0. The maximum absolute atomic E-state index is 12.6. The number of anilines is 1. The number of hydrogen-bond acceptors (Lipinski definition) is 5. The van der Waals surface area contributed by atoms with Crippen LogP contribution in [0.4, 0.5) is 5.82 Å². The average molecular weight is 312 g/mol. The summed E-state index contributed by atoms with van der Waals surface area (Å²) in [5, 5.41) is 0.352. The van der Waals surface area contributed by atoms with Crippen LogP contribution >= 0.6 is 11.6 Å². The van der Waals surface area contributed by atoms with Crippen LogP contribution in [0.3, 0.4) is 0 Å². The number of rotatable bonds is 5. The third-order valence-corrected chi connectivity index (χ3v) is 4.28. The Bertz CT molecular complexity index is 506. The molecule has 0 bridgehead atoms. The number of carbonyl (C=O) groups excluding carboxylic acids is 1. The molecular weight excluding hydrogens is 290 g/mol. The van der Waals surface area contributed by atoms with Gasteiger partial charge in [-0.15, -0.1) is 0 Å². The lowest BCUT2D eigenvalue weighted by atomic mass is 10.2. The molecule has 1 unspecified atom stereocenters. The molecular formula is C14H22ClN5O. The zero-order valence-electron chi connectivity index (χ0n) is 12.5. The fourth-order valence-electron chi connectivity index (χ4n) is 2.79. The maximum atomic E-state index is 12.6. The van der Waals surface area contributed by atoms with E-state index in [-0.39, 0.29) is 11.6 Å². The second kappa shape index (κ2) is 7.06. The predicted molar refractivity (Wildman–Crippen MR) is 84.3 cm³/mol. The quantitative estimate of drug-likeness (QED) is 0.638. The lowest BCUT2D eigenvalue weighted by molar-refractivity contribution is 0.0772. The van der Waals surface area contributed by atoms with Crippen molar-refractivity contribution in [3.8, 4) is 0 Å². The number of hydrogen-bond donors (Lipinski definition) is 2. The summed E-state index contributed by atoms with van der Waals surface area (Å²) in [5.74, 6) is 5.63. The van der Waals surface area contributed by atoms with Crippen LogP contribution in [0, 0.1) is 0 Å². The molecule has 21 heavy (non-hydrogen) atoms. The minimum Gasteiger partial charge on any atom is -0.336 e. The maximum Gasteiger partial charge on any atom is 0.274 e. The molecule has 116 valence electrons. The van der Waals surface area contributed by atoms with Gasteiger partial charge in [-0.1, -0.05) is 25.4 Å². The van der Waals surface area contributed by atoms with E-state index in [9.17, 15) is 4.79 Å². The SMILES string of the molecule is CCN(CC)C1CCN(C(=O)c2nc(NN)ccc2Cl)C1. The van der Waals surface area contributed by atoms with Crippen molar-refractivity contribution in [2.24, 2.45) is 5.84 Å². The van der Waals surface area contributed by atoms with Gasteiger partial charge >= 0.3 is 0 Å². The lowest BCUT2D eigenvalue weighted by Gasteiger charge is -2.26. The van der Waals surface area contributed by atoms with Gasteiger partial charge in [-0.3, -0.25) is 9.69 Å². The number of nitrogens with one attached hydrogen (secondary N) is 1. The molecule has 1 aromatic heterocycles. The molecule has 6 nitrogen and oxygen atoms in total. The van der Waals surface area contributed by atoms with Crippen LogP contribution in [0.15, 0.2) is 12.1 Å². The number of likely N-dealkylation sites (tertiary alicyclic amines) is 1. The molecule has 1 aromatic rings. The van der Waals surface area contributed by atoms with Crippen molar-refractivity contribution in [2.75, 3.05) is 31.6 Å². The van der Waals surface area contributed by atoms with Gasteiger partial charge < -0.3 is 10.3 Å². The first kappa shape index (κ1) is 16.0. The number of amides is 1. The van der Waals surface area contributed by atoms with Gasteiger partial charge in [0.15, 0.2) is 0 Å². The number of nitrogens with zero attached hydrogens (tertiary/aromatic N) is 3. The van der Waals surface area contributed by atoms with E-state index < -0.39 is 0 Å². The van der Waals surface area contributed by atoms with Crippen molar-refractivity contribution in [1.29, 1.82) is 0 Å². The van der Waals surface area contributed by atoms with Crippen LogP contribution in [0.2, 0.25) is 5.02 Å². The van der Waals surface area contributed by atoms with E-state index in [0.717, 1.165) is 32.6 Å². The normalized spacial score (nSPS) is 18.3. The first-order valence-electron chi connectivity index (χ1n) is 7.27. The fourth-order valence-corrected chi connectivity index (χ4v) is 2.97. The third kappa shape index (κ3) is 3.45. The lowest BCUT2D eigenvalue weighted by Crippen LogP contribution is -2.38. The molecule has 0 spiro atoms. The predicted octanol–water partition coefficient (Wildman–Crippen LogP) is 1.58. The molecule has 1 fully saturated rings. The Hall–Kier alpha value is -1.37. The van der Waals surface area contributed by atoms with E-state index in [0.29, 0.717) is 16.9 Å². The molecule has 1 saturated heterocycles. The highest BCUT2D eigenvalue weighted by atomic mass is 35.5. The van der Waals surface area contributed by atoms with Crippen LogP contribution in [-0.4, -0.2) is 52.9 Å².